The molecule has 11 heteroatoms. The third-order valence-corrected chi connectivity index (χ3v) is 12.4. The highest BCUT2D eigenvalue weighted by molar-refractivity contribution is 5.90. The number of amides is 1. The van der Waals surface area contributed by atoms with Crippen molar-refractivity contribution in [2.75, 3.05) is 20.2 Å². The van der Waals surface area contributed by atoms with Crippen LogP contribution < -0.4 is 16.4 Å². The zero-order chi connectivity index (χ0) is 36.3. The van der Waals surface area contributed by atoms with Gasteiger partial charge in [0.05, 0.1) is 55.6 Å². The Morgan fingerprint density at radius 3 is 2.32 bits per heavy atom. The molecule has 4 heterocycles. The Balaban J connectivity index is 0.892. The number of hydrogen-bond acceptors (Lipinski definition) is 6. The molecule has 274 valence electrons. The summed E-state index contributed by atoms with van der Waals surface area (Å²) >= 11 is 0. The Kier molecular flexibility index (Phi) is 8.48. The summed E-state index contributed by atoms with van der Waals surface area (Å²) < 4.78 is 4.82. The normalized spacial score (nSPS) is 23.7. The van der Waals surface area contributed by atoms with E-state index in [1.54, 1.807) is 0 Å². The molecule has 5 atom stereocenters. The number of H-pyrrole nitrogens is 2. The molecule has 6 N–H and O–H groups in total. The van der Waals surface area contributed by atoms with Crippen LogP contribution in [0, 0.1) is 17.3 Å². The molecule has 9 rings (SSSR count). The number of aromatic nitrogens is 4. The van der Waals surface area contributed by atoms with Gasteiger partial charge < -0.3 is 36.0 Å². The smallest absolute Gasteiger partial charge is 0.407 e. The first-order valence-corrected chi connectivity index (χ1v) is 19.2. The van der Waals surface area contributed by atoms with Gasteiger partial charge in [-0.15, -0.1) is 0 Å². The van der Waals surface area contributed by atoms with Crippen LogP contribution in [0.15, 0.2) is 78.0 Å². The number of benzene rings is 3. The maximum absolute atomic E-state index is 11.9. The van der Waals surface area contributed by atoms with Crippen molar-refractivity contribution in [3.63, 3.8) is 0 Å². The molecule has 2 aliphatic heterocycles. The molecule has 2 saturated heterocycles. The summed E-state index contributed by atoms with van der Waals surface area (Å²) in [5.74, 6) is 3.13. The van der Waals surface area contributed by atoms with Crippen LogP contribution in [-0.4, -0.2) is 69.2 Å². The number of methoxy groups -OCH3 is 1. The highest BCUT2D eigenvalue weighted by atomic mass is 16.5. The van der Waals surface area contributed by atoms with Crippen LogP contribution in [0.25, 0.3) is 44.4 Å². The summed E-state index contributed by atoms with van der Waals surface area (Å²) in [4.78, 5) is 35.8. The van der Waals surface area contributed by atoms with Crippen LogP contribution in [0.5, 0.6) is 0 Å². The van der Waals surface area contributed by atoms with Crippen LogP contribution in [0.3, 0.4) is 0 Å². The van der Waals surface area contributed by atoms with E-state index in [2.05, 4.69) is 100 Å². The largest absolute Gasteiger partial charge is 0.453 e. The second kappa shape index (κ2) is 13.4. The van der Waals surface area contributed by atoms with Crippen LogP contribution in [-0.2, 0) is 4.74 Å². The minimum absolute atomic E-state index is 0.0428. The van der Waals surface area contributed by atoms with E-state index in [4.69, 9.17) is 25.4 Å². The van der Waals surface area contributed by atoms with Crippen molar-refractivity contribution in [1.29, 1.82) is 0 Å². The van der Waals surface area contributed by atoms with Crippen molar-refractivity contribution in [3.05, 3.63) is 84.7 Å². The van der Waals surface area contributed by atoms with E-state index in [1.807, 2.05) is 12.4 Å². The van der Waals surface area contributed by atoms with Crippen molar-refractivity contribution in [3.8, 4) is 33.6 Å². The standard InChI is InChI=1S/C42H49N9O2/c1-24(2)34(50-41(52)53-3)20-46-40(43)51-32-13-12-31(18-32)37(51)39-45-22-36(49-39)30-11-10-28-16-27(8-9-29(28)17-30)25-4-6-26(7-5-25)35-21-44-38(48-35)33-19-42(14-15-42)23-47-33/h4-11,16-17,21-22,24,31-34,37,47H,12-15,18-20,23H2,1-3H3,(H2,43,46)(H,44,48)(H,45,49)(H,50,52). The molecule has 2 aliphatic carbocycles. The molecule has 3 aromatic carbocycles. The fourth-order valence-corrected chi connectivity index (χ4v) is 8.97. The third-order valence-electron chi connectivity index (χ3n) is 12.4. The lowest BCUT2D eigenvalue weighted by Crippen LogP contribution is -2.46. The number of carbonyl (C=O) groups is 1. The average Bonchev–Trinajstić information content (AvgIpc) is 3.82. The number of guanidine groups is 1. The van der Waals surface area contributed by atoms with Crippen molar-refractivity contribution in [2.45, 2.75) is 76.5 Å². The van der Waals surface area contributed by atoms with Crippen molar-refractivity contribution in [1.82, 2.24) is 35.5 Å². The molecular weight excluding hydrogens is 663 g/mol. The number of rotatable bonds is 9. The Morgan fingerprint density at radius 1 is 0.943 bits per heavy atom. The molecule has 0 radical (unpaired) electrons. The first kappa shape index (κ1) is 33.7. The summed E-state index contributed by atoms with van der Waals surface area (Å²) in [6, 6.07) is 22.6. The first-order chi connectivity index (χ1) is 25.8. The number of nitrogens with two attached hydrogens (primary N) is 1. The van der Waals surface area contributed by atoms with Gasteiger partial charge in [-0.05, 0) is 95.4 Å². The number of alkyl carbamates (subject to hydrolysis) is 1. The number of nitrogens with one attached hydrogen (secondary N) is 4. The van der Waals surface area contributed by atoms with Gasteiger partial charge in [0.15, 0.2) is 5.96 Å². The van der Waals surface area contributed by atoms with Crippen LogP contribution in [0.1, 0.15) is 76.1 Å². The van der Waals surface area contributed by atoms with E-state index in [0.29, 0.717) is 35.9 Å². The number of hydrogen-bond donors (Lipinski definition) is 5. The van der Waals surface area contributed by atoms with Gasteiger partial charge in [-0.25, -0.2) is 14.8 Å². The Hall–Kier alpha value is -5.16. The summed E-state index contributed by atoms with van der Waals surface area (Å²) in [6.07, 6.45) is 10.7. The maximum Gasteiger partial charge on any atom is 0.407 e. The summed E-state index contributed by atoms with van der Waals surface area (Å²) in [6.45, 7) is 5.61. The Bertz CT molecular complexity index is 2160. The highest BCUT2D eigenvalue weighted by Crippen LogP contribution is 2.54. The summed E-state index contributed by atoms with van der Waals surface area (Å²) in [5.41, 5.74) is 13.9. The SMILES string of the molecule is COC(=O)NC(CN=C(N)N1C2CCC(C2)C1c1ncc(-c2ccc3cc(-c4ccc(-c5cnc(C6CC7(CC7)CN6)[nH]5)cc4)ccc3c2)[nH]1)C(C)C. The van der Waals surface area contributed by atoms with Crippen molar-refractivity contribution >= 4 is 22.8 Å². The van der Waals surface area contributed by atoms with Gasteiger partial charge in [0.2, 0.25) is 0 Å². The molecular formula is C42H49N9O2. The highest BCUT2D eigenvalue weighted by Gasteiger charge is 2.50. The van der Waals surface area contributed by atoms with Crippen molar-refractivity contribution in [2.24, 2.45) is 28.0 Å². The number of piperidine rings is 1. The van der Waals surface area contributed by atoms with E-state index in [9.17, 15) is 4.79 Å². The lowest BCUT2D eigenvalue weighted by Gasteiger charge is -2.35. The first-order valence-electron chi connectivity index (χ1n) is 19.2. The van der Waals surface area contributed by atoms with Crippen molar-refractivity contribution < 1.29 is 9.53 Å². The predicted molar refractivity (Wildman–Crippen MR) is 208 cm³/mol. The lowest BCUT2D eigenvalue weighted by molar-refractivity contribution is 0.163. The van der Waals surface area contributed by atoms with Gasteiger partial charge in [0.25, 0.3) is 0 Å². The molecule has 2 aromatic heterocycles. The Morgan fingerprint density at radius 2 is 1.60 bits per heavy atom. The molecule has 11 nitrogen and oxygen atoms in total. The number of imidazole rings is 2. The van der Waals surface area contributed by atoms with E-state index in [1.165, 1.54) is 48.3 Å². The number of ether oxygens (including phenoxy) is 1. The number of aromatic amines is 2. The van der Waals surface area contributed by atoms with Crippen LogP contribution >= 0.6 is 0 Å². The second-order valence-corrected chi connectivity index (χ2v) is 16.1. The van der Waals surface area contributed by atoms with Gasteiger partial charge in [0.1, 0.15) is 11.6 Å². The summed E-state index contributed by atoms with van der Waals surface area (Å²) in [5, 5.41) is 8.92. The van der Waals surface area contributed by atoms with Gasteiger partial charge >= 0.3 is 6.09 Å². The number of fused-ring (bicyclic) bond motifs is 3. The van der Waals surface area contributed by atoms with E-state index in [0.717, 1.165) is 60.0 Å². The number of carbonyl (C=O) groups excluding carboxylic acids is 1. The zero-order valence-electron chi connectivity index (χ0n) is 30.7. The molecule has 1 amide bonds. The fraction of sp³-hybridized carbons (Fsp3) is 0.429. The Labute approximate surface area is 310 Å². The molecule has 5 aromatic rings. The average molecular weight is 712 g/mol. The minimum Gasteiger partial charge on any atom is -0.453 e. The summed E-state index contributed by atoms with van der Waals surface area (Å²) in [7, 11) is 1.37. The molecule has 4 aliphatic rings. The van der Waals surface area contributed by atoms with Gasteiger partial charge in [-0.1, -0.05) is 62.4 Å². The second-order valence-electron chi connectivity index (χ2n) is 16.1. The molecule has 2 bridgehead atoms. The maximum atomic E-state index is 11.9. The molecule has 53 heavy (non-hydrogen) atoms. The minimum atomic E-state index is -0.458. The number of likely N-dealkylation sites (tertiary alicyclic amines) is 1. The fourth-order valence-electron chi connectivity index (χ4n) is 8.97. The molecule has 4 fully saturated rings. The van der Waals surface area contributed by atoms with Gasteiger partial charge in [-0.2, -0.15) is 0 Å². The van der Waals surface area contributed by atoms with E-state index in [-0.39, 0.29) is 18.0 Å². The molecule has 1 spiro atoms. The number of nitrogens with zero attached hydrogens (tertiary/aromatic N) is 4. The van der Waals surface area contributed by atoms with Gasteiger partial charge in [-0.3, -0.25) is 4.99 Å². The monoisotopic (exact) mass is 711 g/mol. The lowest BCUT2D eigenvalue weighted by atomic mass is 9.98. The van der Waals surface area contributed by atoms with Crippen LogP contribution in [0.4, 0.5) is 4.79 Å². The topological polar surface area (TPSA) is 149 Å². The molecule has 5 unspecified atom stereocenters. The van der Waals surface area contributed by atoms with E-state index < -0.39 is 6.09 Å². The zero-order valence-corrected chi connectivity index (χ0v) is 30.7. The number of aliphatic imine (C=N–C) groups is 1. The third kappa shape index (κ3) is 6.45. The van der Waals surface area contributed by atoms with E-state index >= 15 is 0 Å². The van der Waals surface area contributed by atoms with Crippen LogP contribution in [0.2, 0.25) is 0 Å². The quantitative estimate of drug-likeness (QED) is 0.0795. The predicted octanol–water partition coefficient (Wildman–Crippen LogP) is 7.32. The molecule has 2 saturated carbocycles. The van der Waals surface area contributed by atoms with Gasteiger partial charge in [0, 0.05) is 18.2 Å².